The third-order valence-electron chi connectivity index (χ3n) is 5.72. The van der Waals surface area contributed by atoms with Crippen molar-refractivity contribution >= 4 is 23.6 Å². The molecular weight excluding hydrogens is 384 g/mol. The molecule has 0 saturated carbocycles. The van der Waals surface area contributed by atoms with E-state index >= 15 is 0 Å². The highest BCUT2D eigenvalue weighted by atomic mass is 16.2. The molecule has 1 saturated heterocycles. The van der Waals surface area contributed by atoms with Crippen LogP contribution in [0.25, 0.3) is 0 Å². The summed E-state index contributed by atoms with van der Waals surface area (Å²) in [5.74, 6) is -1.24. The lowest BCUT2D eigenvalue weighted by atomic mass is 9.90. The molecule has 2 aliphatic heterocycles. The van der Waals surface area contributed by atoms with Crippen LogP contribution in [0.15, 0.2) is 24.3 Å². The van der Waals surface area contributed by atoms with E-state index in [-0.39, 0.29) is 30.3 Å². The maximum absolute atomic E-state index is 13.0. The second kappa shape index (κ2) is 9.28. The van der Waals surface area contributed by atoms with E-state index < -0.39 is 11.8 Å². The zero-order valence-electron chi connectivity index (χ0n) is 17.9. The van der Waals surface area contributed by atoms with Crippen molar-refractivity contribution in [3.05, 3.63) is 35.4 Å². The van der Waals surface area contributed by atoms with Crippen LogP contribution in [0.4, 0.5) is 0 Å². The normalized spacial score (nSPS) is 18.8. The number of amides is 4. The summed E-state index contributed by atoms with van der Waals surface area (Å²) in [6, 6.07) is 7.59. The number of piperazine rings is 1. The Labute approximate surface area is 177 Å². The molecule has 0 spiro atoms. The fourth-order valence-corrected chi connectivity index (χ4v) is 4.17. The monoisotopic (exact) mass is 414 g/mol. The van der Waals surface area contributed by atoms with Crippen LogP contribution in [0.1, 0.15) is 44.4 Å². The van der Waals surface area contributed by atoms with Crippen molar-refractivity contribution in [3.8, 4) is 0 Å². The standard InChI is InChI=1S/C22H30N4O4/c1-15(2)23-21(29)22(30)25-12-10-24(11-13-25)20(28)14-19-18-7-5-4-6-17(18)8-9-26(19)16(3)27/h4-7,15,19H,8-14H2,1-3H3,(H,23,29). The van der Waals surface area contributed by atoms with E-state index in [9.17, 15) is 19.2 Å². The van der Waals surface area contributed by atoms with E-state index in [0.717, 1.165) is 12.0 Å². The van der Waals surface area contributed by atoms with Gasteiger partial charge in [-0.25, -0.2) is 0 Å². The topological polar surface area (TPSA) is 90.0 Å². The Morgan fingerprint density at radius 2 is 1.63 bits per heavy atom. The van der Waals surface area contributed by atoms with Crippen molar-refractivity contribution in [2.45, 2.75) is 45.7 Å². The van der Waals surface area contributed by atoms with Crippen LogP contribution in [-0.2, 0) is 25.6 Å². The van der Waals surface area contributed by atoms with Gasteiger partial charge < -0.3 is 20.0 Å². The first kappa shape index (κ1) is 21.8. The Kier molecular flexibility index (Phi) is 6.74. The van der Waals surface area contributed by atoms with Gasteiger partial charge in [-0.2, -0.15) is 0 Å². The number of carbonyl (C=O) groups is 4. The minimum Gasteiger partial charge on any atom is -0.346 e. The van der Waals surface area contributed by atoms with Crippen molar-refractivity contribution in [2.75, 3.05) is 32.7 Å². The summed E-state index contributed by atoms with van der Waals surface area (Å²) >= 11 is 0. The van der Waals surface area contributed by atoms with Crippen LogP contribution in [0.5, 0.6) is 0 Å². The molecular formula is C22H30N4O4. The van der Waals surface area contributed by atoms with E-state index in [4.69, 9.17) is 0 Å². The average molecular weight is 415 g/mol. The number of rotatable bonds is 3. The van der Waals surface area contributed by atoms with Gasteiger partial charge in [0, 0.05) is 45.7 Å². The largest absolute Gasteiger partial charge is 0.346 e. The second-order valence-corrected chi connectivity index (χ2v) is 8.18. The van der Waals surface area contributed by atoms with Gasteiger partial charge in [0.05, 0.1) is 12.5 Å². The van der Waals surface area contributed by atoms with Gasteiger partial charge in [0.1, 0.15) is 0 Å². The Bertz CT molecular complexity index is 830. The molecule has 8 nitrogen and oxygen atoms in total. The van der Waals surface area contributed by atoms with Crippen molar-refractivity contribution in [1.29, 1.82) is 0 Å². The lowest BCUT2D eigenvalue weighted by Crippen LogP contribution is -2.54. The zero-order chi connectivity index (χ0) is 21.8. The molecule has 0 bridgehead atoms. The third kappa shape index (κ3) is 4.80. The van der Waals surface area contributed by atoms with Crippen molar-refractivity contribution in [3.63, 3.8) is 0 Å². The van der Waals surface area contributed by atoms with Gasteiger partial charge in [-0.05, 0) is 31.4 Å². The highest BCUT2D eigenvalue weighted by molar-refractivity contribution is 6.35. The summed E-state index contributed by atoms with van der Waals surface area (Å²) in [7, 11) is 0. The molecule has 2 heterocycles. The number of nitrogens with one attached hydrogen (secondary N) is 1. The van der Waals surface area contributed by atoms with Crippen molar-refractivity contribution in [2.24, 2.45) is 0 Å². The van der Waals surface area contributed by atoms with Gasteiger partial charge in [0.2, 0.25) is 11.8 Å². The first-order valence-corrected chi connectivity index (χ1v) is 10.5. The first-order chi connectivity index (χ1) is 14.3. The Morgan fingerprint density at radius 3 is 2.27 bits per heavy atom. The summed E-state index contributed by atoms with van der Waals surface area (Å²) in [5.41, 5.74) is 2.21. The number of fused-ring (bicyclic) bond motifs is 1. The summed E-state index contributed by atoms with van der Waals surface area (Å²) < 4.78 is 0. The van der Waals surface area contributed by atoms with E-state index in [1.54, 1.807) is 23.6 Å². The second-order valence-electron chi connectivity index (χ2n) is 8.18. The third-order valence-corrected chi connectivity index (χ3v) is 5.72. The SMILES string of the molecule is CC(=O)N1CCc2ccccc2C1CC(=O)N1CCN(C(=O)C(=O)NC(C)C)CC1. The molecule has 3 rings (SSSR count). The summed E-state index contributed by atoms with van der Waals surface area (Å²) in [4.78, 5) is 54.3. The lowest BCUT2D eigenvalue weighted by molar-refractivity contribution is -0.149. The van der Waals surface area contributed by atoms with Gasteiger partial charge in [-0.1, -0.05) is 24.3 Å². The lowest BCUT2D eigenvalue weighted by Gasteiger charge is -2.39. The molecule has 0 aromatic heterocycles. The minimum atomic E-state index is -0.610. The fraction of sp³-hybridized carbons (Fsp3) is 0.545. The number of hydrogen-bond acceptors (Lipinski definition) is 4. The number of carbonyl (C=O) groups excluding carboxylic acids is 4. The molecule has 8 heteroatoms. The fourth-order valence-electron chi connectivity index (χ4n) is 4.17. The van der Waals surface area contributed by atoms with Crippen LogP contribution < -0.4 is 5.32 Å². The van der Waals surface area contributed by atoms with Crippen LogP contribution in [0.3, 0.4) is 0 Å². The number of nitrogens with zero attached hydrogens (tertiary/aromatic N) is 3. The van der Waals surface area contributed by atoms with E-state index in [1.807, 2.05) is 18.2 Å². The predicted molar refractivity (Wildman–Crippen MR) is 111 cm³/mol. The molecule has 1 unspecified atom stereocenters. The average Bonchev–Trinajstić information content (AvgIpc) is 2.72. The number of hydrogen-bond donors (Lipinski definition) is 1. The molecule has 0 aliphatic carbocycles. The Hall–Kier alpha value is -2.90. The quantitative estimate of drug-likeness (QED) is 0.738. The molecule has 4 amide bonds. The van der Waals surface area contributed by atoms with E-state index in [0.29, 0.717) is 32.7 Å². The molecule has 1 aromatic rings. The summed E-state index contributed by atoms with van der Waals surface area (Å²) in [6.45, 7) is 7.17. The molecule has 0 radical (unpaired) electrons. The van der Waals surface area contributed by atoms with Crippen LogP contribution in [0, 0.1) is 0 Å². The Balaban J connectivity index is 1.62. The molecule has 1 fully saturated rings. The highest BCUT2D eigenvalue weighted by Gasteiger charge is 2.33. The molecule has 2 aliphatic rings. The van der Waals surface area contributed by atoms with Gasteiger partial charge in [0.25, 0.3) is 0 Å². The van der Waals surface area contributed by atoms with Crippen molar-refractivity contribution < 1.29 is 19.2 Å². The molecule has 30 heavy (non-hydrogen) atoms. The summed E-state index contributed by atoms with van der Waals surface area (Å²) in [5, 5.41) is 2.60. The van der Waals surface area contributed by atoms with Gasteiger partial charge in [-0.3, -0.25) is 19.2 Å². The van der Waals surface area contributed by atoms with Crippen LogP contribution >= 0.6 is 0 Å². The minimum absolute atomic E-state index is 0.0334. The first-order valence-electron chi connectivity index (χ1n) is 10.5. The van der Waals surface area contributed by atoms with E-state index in [2.05, 4.69) is 11.4 Å². The van der Waals surface area contributed by atoms with Gasteiger partial charge in [0.15, 0.2) is 0 Å². The number of benzene rings is 1. The maximum Gasteiger partial charge on any atom is 0.312 e. The Morgan fingerprint density at radius 1 is 1.00 bits per heavy atom. The molecule has 1 N–H and O–H groups in total. The highest BCUT2D eigenvalue weighted by Crippen LogP contribution is 2.32. The molecule has 1 aromatic carbocycles. The predicted octanol–water partition coefficient (Wildman–Crippen LogP) is 0.718. The zero-order valence-corrected chi connectivity index (χ0v) is 17.9. The van der Waals surface area contributed by atoms with Crippen LogP contribution in [-0.4, -0.2) is 77.1 Å². The van der Waals surface area contributed by atoms with Crippen molar-refractivity contribution in [1.82, 2.24) is 20.0 Å². The van der Waals surface area contributed by atoms with Crippen LogP contribution in [0.2, 0.25) is 0 Å². The summed E-state index contributed by atoms with van der Waals surface area (Å²) in [6.07, 6.45) is 1.01. The van der Waals surface area contributed by atoms with E-state index in [1.165, 1.54) is 17.4 Å². The van der Waals surface area contributed by atoms with Gasteiger partial charge in [-0.15, -0.1) is 0 Å². The molecule has 1 atom stereocenters. The smallest absolute Gasteiger partial charge is 0.312 e. The molecule has 162 valence electrons. The van der Waals surface area contributed by atoms with Gasteiger partial charge >= 0.3 is 11.8 Å². The maximum atomic E-state index is 13.0.